The molecular weight excluding hydrogens is 346 g/mol. The van der Waals surface area contributed by atoms with Crippen LogP contribution in [0.4, 0.5) is 5.69 Å². The van der Waals surface area contributed by atoms with Gasteiger partial charge < -0.3 is 19.9 Å². The summed E-state index contributed by atoms with van der Waals surface area (Å²) in [5.41, 5.74) is 0.693. The molecule has 0 atom stereocenters. The van der Waals surface area contributed by atoms with Crippen LogP contribution in [-0.4, -0.2) is 24.1 Å². The highest BCUT2D eigenvalue weighted by atomic mass is 16.5. The van der Waals surface area contributed by atoms with Crippen LogP contribution >= 0.6 is 0 Å². The number of benzene rings is 2. The number of ether oxygens (including phenoxy) is 2. The molecule has 0 radical (unpaired) electrons. The summed E-state index contributed by atoms with van der Waals surface area (Å²) in [6.07, 6.45) is 2.33. The Bertz CT molecular complexity index is 794. The molecule has 27 heavy (non-hydrogen) atoms. The van der Waals surface area contributed by atoms with E-state index in [-0.39, 0.29) is 17.7 Å². The zero-order valence-electron chi connectivity index (χ0n) is 15.2. The number of methoxy groups -OCH3 is 1. The van der Waals surface area contributed by atoms with Gasteiger partial charge in [0, 0.05) is 17.7 Å². The van der Waals surface area contributed by atoms with Gasteiger partial charge >= 0.3 is 5.97 Å². The van der Waals surface area contributed by atoms with Crippen molar-refractivity contribution in [2.75, 3.05) is 12.4 Å². The lowest BCUT2D eigenvalue weighted by Crippen LogP contribution is -2.29. The lowest BCUT2D eigenvalue weighted by molar-refractivity contribution is -0.143. The van der Waals surface area contributed by atoms with Crippen molar-refractivity contribution in [2.45, 2.75) is 25.7 Å². The number of carboxylic acids is 1. The van der Waals surface area contributed by atoms with Crippen LogP contribution in [0.25, 0.3) is 0 Å². The molecule has 0 bridgehead atoms. The molecule has 3 rings (SSSR count). The number of carboxylic acid groups (broad SMARTS) is 1. The molecule has 1 fully saturated rings. The Morgan fingerprint density at radius 2 is 1.56 bits per heavy atom. The quantitative estimate of drug-likeness (QED) is 0.792. The monoisotopic (exact) mass is 369 g/mol. The maximum absolute atomic E-state index is 12.4. The summed E-state index contributed by atoms with van der Waals surface area (Å²) in [4.78, 5) is 23.4. The topological polar surface area (TPSA) is 84.9 Å². The number of nitrogens with one attached hydrogen (secondary N) is 1. The van der Waals surface area contributed by atoms with Crippen molar-refractivity contribution in [3.05, 3.63) is 48.5 Å². The van der Waals surface area contributed by atoms with Crippen LogP contribution < -0.4 is 14.8 Å². The van der Waals surface area contributed by atoms with Crippen LogP contribution in [0.15, 0.2) is 48.5 Å². The molecule has 142 valence electrons. The Hall–Kier alpha value is -3.02. The van der Waals surface area contributed by atoms with Crippen LogP contribution in [0.1, 0.15) is 25.7 Å². The van der Waals surface area contributed by atoms with E-state index in [1.807, 2.05) is 18.2 Å². The molecule has 1 amide bonds. The number of hydrogen-bond donors (Lipinski definition) is 2. The number of anilines is 1. The van der Waals surface area contributed by atoms with E-state index in [1.165, 1.54) is 0 Å². The number of amides is 1. The molecule has 1 aliphatic rings. The van der Waals surface area contributed by atoms with Crippen molar-refractivity contribution in [3.8, 4) is 17.2 Å². The minimum Gasteiger partial charge on any atom is -0.497 e. The maximum atomic E-state index is 12.4. The minimum atomic E-state index is -0.763. The van der Waals surface area contributed by atoms with E-state index < -0.39 is 5.97 Å². The second kappa shape index (κ2) is 8.58. The predicted octanol–water partition coefficient (Wildman–Crippen LogP) is 4.32. The Morgan fingerprint density at radius 1 is 0.926 bits per heavy atom. The standard InChI is InChI=1S/C21H23NO5/c1-26-18-3-2-4-19(13-18)27-17-11-9-16(10-12-17)22-20(23)14-5-7-15(8-6-14)21(24)25/h2-4,9-15H,5-8H2,1H3,(H,22,23)(H,24,25). The normalized spacial score (nSPS) is 19.1. The largest absolute Gasteiger partial charge is 0.497 e. The van der Waals surface area contributed by atoms with Crippen LogP contribution in [-0.2, 0) is 9.59 Å². The van der Waals surface area contributed by atoms with Gasteiger partial charge in [0.25, 0.3) is 0 Å². The predicted molar refractivity (Wildman–Crippen MR) is 101 cm³/mol. The fraction of sp³-hybridized carbons (Fsp3) is 0.333. The van der Waals surface area contributed by atoms with Crippen molar-refractivity contribution in [3.63, 3.8) is 0 Å². The van der Waals surface area contributed by atoms with Gasteiger partial charge in [0.2, 0.25) is 5.91 Å². The molecule has 6 heteroatoms. The number of carbonyl (C=O) groups is 2. The average molecular weight is 369 g/mol. The third-order valence-electron chi connectivity index (χ3n) is 4.85. The zero-order valence-corrected chi connectivity index (χ0v) is 15.2. The molecule has 1 aliphatic carbocycles. The summed E-state index contributed by atoms with van der Waals surface area (Å²) in [7, 11) is 1.60. The van der Waals surface area contributed by atoms with Crippen LogP contribution in [0.5, 0.6) is 17.2 Å². The summed E-state index contributed by atoms with van der Waals surface area (Å²) in [5, 5.41) is 11.9. The molecule has 0 saturated heterocycles. The first-order valence-corrected chi connectivity index (χ1v) is 9.01. The van der Waals surface area contributed by atoms with Gasteiger partial charge in [0.15, 0.2) is 0 Å². The molecule has 2 aromatic rings. The molecule has 2 aromatic carbocycles. The molecule has 6 nitrogen and oxygen atoms in total. The van der Waals surface area contributed by atoms with Crippen LogP contribution in [0.2, 0.25) is 0 Å². The van der Waals surface area contributed by atoms with Crippen molar-refractivity contribution in [2.24, 2.45) is 11.8 Å². The van der Waals surface area contributed by atoms with Gasteiger partial charge in [0.1, 0.15) is 17.2 Å². The number of aliphatic carboxylic acids is 1. The second-order valence-corrected chi connectivity index (χ2v) is 6.68. The maximum Gasteiger partial charge on any atom is 0.306 e. The van der Waals surface area contributed by atoms with E-state index in [9.17, 15) is 9.59 Å². The SMILES string of the molecule is COc1cccc(Oc2ccc(NC(=O)C3CCC(C(=O)O)CC3)cc2)c1. The number of hydrogen-bond acceptors (Lipinski definition) is 4. The van der Waals surface area contributed by atoms with E-state index in [4.69, 9.17) is 14.6 Å². The third kappa shape index (κ3) is 5.00. The van der Waals surface area contributed by atoms with Gasteiger partial charge in [-0.3, -0.25) is 9.59 Å². The zero-order chi connectivity index (χ0) is 19.2. The molecule has 0 aliphatic heterocycles. The van der Waals surface area contributed by atoms with Crippen LogP contribution in [0.3, 0.4) is 0 Å². The first kappa shape index (κ1) is 18.8. The fourth-order valence-corrected chi connectivity index (χ4v) is 3.25. The minimum absolute atomic E-state index is 0.0553. The molecule has 1 saturated carbocycles. The van der Waals surface area contributed by atoms with Gasteiger partial charge in [-0.1, -0.05) is 6.07 Å². The van der Waals surface area contributed by atoms with E-state index in [1.54, 1.807) is 37.4 Å². The molecule has 0 spiro atoms. The molecule has 0 unspecified atom stereocenters. The first-order valence-electron chi connectivity index (χ1n) is 9.01. The van der Waals surface area contributed by atoms with E-state index in [0.717, 1.165) is 0 Å². The average Bonchev–Trinajstić information content (AvgIpc) is 2.69. The summed E-state index contributed by atoms with van der Waals surface area (Å²) >= 11 is 0. The van der Waals surface area contributed by atoms with Gasteiger partial charge in [-0.15, -0.1) is 0 Å². The van der Waals surface area contributed by atoms with Gasteiger partial charge in [-0.05, 0) is 62.1 Å². The highest BCUT2D eigenvalue weighted by Gasteiger charge is 2.29. The van der Waals surface area contributed by atoms with Gasteiger partial charge in [-0.2, -0.15) is 0 Å². The Balaban J connectivity index is 1.54. The smallest absolute Gasteiger partial charge is 0.306 e. The summed E-state index contributed by atoms with van der Waals surface area (Å²) in [6.45, 7) is 0. The summed E-state index contributed by atoms with van der Waals surface area (Å²) in [6, 6.07) is 14.5. The number of rotatable bonds is 6. The van der Waals surface area contributed by atoms with Crippen molar-refractivity contribution >= 4 is 17.6 Å². The van der Waals surface area contributed by atoms with Crippen molar-refractivity contribution < 1.29 is 24.2 Å². The van der Waals surface area contributed by atoms with Crippen molar-refractivity contribution in [1.82, 2.24) is 0 Å². The Morgan fingerprint density at radius 3 is 2.19 bits per heavy atom. The second-order valence-electron chi connectivity index (χ2n) is 6.68. The van der Waals surface area contributed by atoms with Gasteiger partial charge in [0.05, 0.1) is 13.0 Å². The summed E-state index contributed by atoms with van der Waals surface area (Å²) < 4.78 is 11.0. The Kier molecular flexibility index (Phi) is 5.96. The van der Waals surface area contributed by atoms with E-state index in [2.05, 4.69) is 5.32 Å². The first-order chi connectivity index (χ1) is 13.0. The third-order valence-corrected chi connectivity index (χ3v) is 4.85. The number of carbonyl (C=O) groups excluding carboxylic acids is 1. The molecular formula is C21H23NO5. The highest BCUT2D eigenvalue weighted by Crippen LogP contribution is 2.30. The Labute approximate surface area is 158 Å². The van der Waals surface area contributed by atoms with Gasteiger partial charge in [-0.25, -0.2) is 0 Å². The molecule has 2 N–H and O–H groups in total. The van der Waals surface area contributed by atoms with E-state index >= 15 is 0 Å². The lowest BCUT2D eigenvalue weighted by atomic mass is 9.81. The van der Waals surface area contributed by atoms with E-state index in [0.29, 0.717) is 48.6 Å². The highest BCUT2D eigenvalue weighted by molar-refractivity contribution is 5.92. The fourth-order valence-electron chi connectivity index (χ4n) is 3.25. The lowest BCUT2D eigenvalue weighted by Gasteiger charge is -2.25. The summed E-state index contributed by atoms with van der Waals surface area (Å²) in [5.74, 6) is 0.773. The van der Waals surface area contributed by atoms with Crippen molar-refractivity contribution in [1.29, 1.82) is 0 Å². The molecule has 0 heterocycles. The van der Waals surface area contributed by atoms with Crippen LogP contribution in [0, 0.1) is 11.8 Å². The molecule has 0 aromatic heterocycles.